The van der Waals surface area contributed by atoms with Crippen LogP contribution in [0.2, 0.25) is 0 Å². The highest BCUT2D eigenvalue weighted by Crippen LogP contribution is 2.28. The third kappa shape index (κ3) is 6.21. The Kier molecular flexibility index (Phi) is 8.21. The van der Waals surface area contributed by atoms with E-state index in [0.717, 1.165) is 29.7 Å². The van der Waals surface area contributed by atoms with Crippen molar-refractivity contribution in [3.8, 4) is 46.5 Å². The zero-order valence-electron chi connectivity index (χ0n) is 22.1. The number of methoxy groups -OCH3 is 1. The number of carbonyl (C=O) groups is 1. The molecule has 2 aromatic carbocycles. The van der Waals surface area contributed by atoms with Gasteiger partial charge in [0, 0.05) is 48.6 Å². The Labute approximate surface area is 231 Å². The van der Waals surface area contributed by atoms with Crippen LogP contribution in [0.4, 0.5) is 10.2 Å². The molecule has 0 saturated carbocycles. The number of amides is 1. The molecule has 0 atom stereocenters. The minimum absolute atomic E-state index is 0.0959. The largest absolute Gasteiger partial charge is 0.497 e. The number of hydrogen-bond acceptors (Lipinski definition) is 7. The molecule has 2 aromatic heterocycles. The lowest BCUT2D eigenvalue weighted by molar-refractivity contribution is 0.0944. The third-order valence-electron chi connectivity index (χ3n) is 6.81. The number of H-pyrrole nitrogens is 1. The molecule has 40 heavy (non-hydrogen) atoms. The summed E-state index contributed by atoms with van der Waals surface area (Å²) in [6, 6.07) is 14.5. The number of carbonyl (C=O) groups excluding carboxylic acids is 1. The summed E-state index contributed by atoms with van der Waals surface area (Å²) in [4.78, 5) is 23.6. The highest BCUT2D eigenvalue weighted by Gasteiger charge is 2.24. The molecule has 9 nitrogen and oxygen atoms in total. The van der Waals surface area contributed by atoms with Crippen molar-refractivity contribution in [1.29, 1.82) is 0 Å². The molecular weight excluding hydrogens is 511 g/mol. The molecule has 0 unspecified atom stereocenters. The van der Waals surface area contributed by atoms with E-state index in [1.54, 1.807) is 24.4 Å². The lowest BCUT2D eigenvalue weighted by atomic mass is 9.96. The van der Waals surface area contributed by atoms with Crippen LogP contribution in [0, 0.1) is 24.1 Å². The van der Waals surface area contributed by atoms with Crippen LogP contribution in [0.5, 0.6) is 11.5 Å². The number of rotatable bonds is 9. The Balaban J connectivity index is 1.20. The number of terminal acetylenes is 1. The number of anilines is 1. The van der Waals surface area contributed by atoms with Gasteiger partial charge in [-0.1, -0.05) is 24.1 Å². The first-order chi connectivity index (χ1) is 19.5. The van der Waals surface area contributed by atoms with E-state index in [9.17, 15) is 9.18 Å². The van der Waals surface area contributed by atoms with Crippen molar-refractivity contribution in [2.75, 3.05) is 38.3 Å². The van der Waals surface area contributed by atoms with E-state index >= 15 is 0 Å². The maximum Gasteiger partial charge on any atom is 0.251 e. The molecule has 5 rings (SSSR count). The summed E-state index contributed by atoms with van der Waals surface area (Å²) in [5, 5.41) is 10.0. The Bertz CT molecular complexity index is 1510. The topological polar surface area (TPSA) is 105 Å². The van der Waals surface area contributed by atoms with Crippen LogP contribution in [0.15, 0.2) is 60.9 Å². The van der Waals surface area contributed by atoms with Crippen LogP contribution in [-0.4, -0.2) is 59.4 Å². The van der Waals surface area contributed by atoms with Crippen LogP contribution >= 0.6 is 0 Å². The van der Waals surface area contributed by atoms with Gasteiger partial charge in [-0.05, 0) is 43.0 Å². The van der Waals surface area contributed by atoms with Crippen molar-refractivity contribution in [3.63, 3.8) is 0 Å². The highest BCUT2D eigenvalue weighted by atomic mass is 19.1. The molecule has 0 spiro atoms. The molecule has 10 heteroatoms. The Hall–Kier alpha value is -4.91. The number of aromatic nitrogens is 4. The maximum absolute atomic E-state index is 14.8. The fraction of sp³-hybridized carbons (Fsp3) is 0.267. The average Bonchev–Trinajstić information content (AvgIpc) is 3.55. The van der Waals surface area contributed by atoms with Gasteiger partial charge in [0.2, 0.25) is 0 Å². The molecule has 0 aliphatic carbocycles. The minimum atomic E-state index is -0.458. The van der Waals surface area contributed by atoms with Gasteiger partial charge in [-0.3, -0.25) is 9.89 Å². The summed E-state index contributed by atoms with van der Waals surface area (Å²) in [5.74, 6) is 3.68. The molecule has 1 aliphatic heterocycles. The summed E-state index contributed by atoms with van der Waals surface area (Å²) in [6.07, 6.45) is 9.81. The van der Waals surface area contributed by atoms with Gasteiger partial charge in [-0.15, -0.1) is 6.42 Å². The predicted octanol–water partition coefficient (Wildman–Crippen LogP) is 4.34. The SMILES string of the molecule is C#CCOc1cc(OC)cc(C(=O)NCC2CCN(c3nc(-c4cccc(-c5cc[nH]n5)c4)ncc3F)CC2)c1. The van der Waals surface area contributed by atoms with Gasteiger partial charge in [0.15, 0.2) is 17.5 Å². The van der Waals surface area contributed by atoms with E-state index in [-0.39, 0.29) is 24.2 Å². The number of benzene rings is 2. The number of ether oxygens (including phenoxy) is 2. The number of hydrogen-bond donors (Lipinski definition) is 2. The Morgan fingerprint density at radius 3 is 2.73 bits per heavy atom. The van der Waals surface area contributed by atoms with E-state index in [2.05, 4.69) is 31.4 Å². The molecule has 4 aromatic rings. The van der Waals surface area contributed by atoms with E-state index in [0.29, 0.717) is 42.5 Å². The van der Waals surface area contributed by atoms with Crippen LogP contribution in [-0.2, 0) is 0 Å². The molecule has 1 fully saturated rings. The summed E-state index contributed by atoms with van der Waals surface area (Å²) in [7, 11) is 1.53. The monoisotopic (exact) mass is 540 g/mol. The molecule has 0 bridgehead atoms. The lowest BCUT2D eigenvalue weighted by Gasteiger charge is -2.33. The molecule has 2 N–H and O–H groups in total. The molecule has 3 heterocycles. The van der Waals surface area contributed by atoms with Crippen molar-refractivity contribution < 1.29 is 18.7 Å². The van der Waals surface area contributed by atoms with Gasteiger partial charge in [0.25, 0.3) is 5.91 Å². The van der Waals surface area contributed by atoms with Crippen molar-refractivity contribution in [1.82, 2.24) is 25.5 Å². The van der Waals surface area contributed by atoms with Crippen molar-refractivity contribution in [2.24, 2.45) is 5.92 Å². The fourth-order valence-electron chi connectivity index (χ4n) is 4.67. The first-order valence-corrected chi connectivity index (χ1v) is 13.0. The average molecular weight is 541 g/mol. The van der Waals surface area contributed by atoms with Gasteiger partial charge in [0.1, 0.15) is 18.1 Å². The van der Waals surface area contributed by atoms with Crippen molar-refractivity contribution >= 4 is 11.7 Å². The first kappa shape index (κ1) is 26.7. The second-order valence-electron chi connectivity index (χ2n) is 9.44. The van der Waals surface area contributed by atoms with Gasteiger partial charge in [-0.25, -0.2) is 14.4 Å². The Morgan fingerprint density at radius 2 is 1.98 bits per heavy atom. The van der Waals surface area contributed by atoms with Gasteiger partial charge >= 0.3 is 0 Å². The molecule has 0 radical (unpaired) electrons. The first-order valence-electron chi connectivity index (χ1n) is 13.0. The van der Waals surface area contributed by atoms with Gasteiger partial charge in [-0.2, -0.15) is 5.10 Å². The molecule has 204 valence electrons. The highest BCUT2D eigenvalue weighted by molar-refractivity contribution is 5.95. The standard InChI is InChI=1S/C30H29FN6O3/c1-3-13-40-25-16-23(15-24(17-25)39-2)30(38)33-18-20-8-11-37(12-9-20)29-26(31)19-32-28(35-29)22-6-4-5-21(14-22)27-7-10-34-36-27/h1,4-7,10,14-17,19-20H,8-9,11-13,18H2,2H3,(H,33,38)(H,34,36). The summed E-state index contributed by atoms with van der Waals surface area (Å²) >= 11 is 0. The normalized spacial score (nSPS) is 13.5. The lowest BCUT2D eigenvalue weighted by Crippen LogP contribution is -2.39. The quantitative estimate of drug-likeness (QED) is 0.304. The number of halogens is 1. The van der Waals surface area contributed by atoms with Crippen molar-refractivity contribution in [3.05, 3.63) is 72.3 Å². The van der Waals surface area contributed by atoms with Gasteiger partial charge in [0.05, 0.1) is 19.0 Å². The van der Waals surface area contributed by atoms with Crippen LogP contribution in [0.25, 0.3) is 22.6 Å². The van der Waals surface area contributed by atoms with Crippen LogP contribution in [0.3, 0.4) is 0 Å². The zero-order valence-corrected chi connectivity index (χ0v) is 22.1. The molecule has 1 amide bonds. The molecule has 1 saturated heterocycles. The number of nitrogens with zero attached hydrogens (tertiary/aromatic N) is 4. The number of aromatic amines is 1. The predicted molar refractivity (Wildman–Crippen MR) is 150 cm³/mol. The second-order valence-corrected chi connectivity index (χ2v) is 9.44. The zero-order chi connectivity index (χ0) is 27.9. The van der Waals surface area contributed by atoms with Crippen LogP contribution < -0.4 is 19.7 Å². The summed E-state index contributed by atoms with van der Waals surface area (Å²) < 4.78 is 25.6. The van der Waals surface area contributed by atoms with Crippen molar-refractivity contribution in [2.45, 2.75) is 12.8 Å². The Morgan fingerprint density at radius 1 is 1.18 bits per heavy atom. The number of piperidine rings is 1. The smallest absolute Gasteiger partial charge is 0.251 e. The van der Waals surface area contributed by atoms with Crippen LogP contribution in [0.1, 0.15) is 23.2 Å². The summed E-state index contributed by atoms with van der Waals surface area (Å²) in [6.45, 7) is 1.83. The van der Waals surface area contributed by atoms with E-state index in [1.807, 2.05) is 35.2 Å². The second kappa shape index (κ2) is 12.3. The summed E-state index contributed by atoms with van der Waals surface area (Å²) in [5.41, 5.74) is 2.93. The maximum atomic E-state index is 14.8. The number of nitrogens with one attached hydrogen (secondary N) is 2. The molecular formula is C30H29FN6O3. The fourth-order valence-corrected chi connectivity index (χ4v) is 4.67. The van der Waals surface area contributed by atoms with E-state index in [1.165, 1.54) is 13.3 Å². The van der Waals surface area contributed by atoms with E-state index in [4.69, 9.17) is 15.9 Å². The van der Waals surface area contributed by atoms with E-state index < -0.39 is 5.82 Å². The minimum Gasteiger partial charge on any atom is -0.497 e. The van der Waals surface area contributed by atoms with Gasteiger partial charge < -0.3 is 19.7 Å². The molecule has 1 aliphatic rings. The third-order valence-corrected chi connectivity index (χ3v) is 6.81.